The second kappa shape index (κ2) is 5.38. The van der Waals surface area contributed by atoms with Crippen LogP contribution in [0, 0.1) is 5.92 Å². The zero-order chi connectivity index (χ0) is 12.4. The standard InChI is InChI=1S/C15H22O2S/c16-14(12-3-1-2-4-12)13-5-8-17-15(11-13)6-9-18-10-7-15/h3,13H,1-2,4-11H2. The minimum absolute atomic E-state index is 0.0446. The number of carbonyl (C=O) groups excluding carboxylic acids is 1. The van der Waals surface area contributed by atoms with Crippen molar-refractivity contribution in [2.24, 2.45) is 5.92 Å². The first-order valence-corrected chi connectivity index (χ1v) is 8.40. The molecule has 0 aromatic carbocycles. The van der Waals surface area contributed by atoms with Crippen LogP contribution in [0.5, 0.6) is 0 Å². The van der Waals surface area contributed by atoms with E-state index in [2.05, 4.69) is 6.08 Å². The second-order valence-corrected chi connectivity index (χ2v) is 7.04. The summed E-state index contributed by atoms with van der Waals surface area (Å²) in [6.07, 6.45) is 9.65. The van der Waals surface area contributed by atoms with Crippen molar-refractivity contribution in [2.45, 2.75) is 50.5 Å². The molecule has 2 fully saturated rings. The number of hydrogen-bond acceptors (Lipinski definition) is 3. The molecule has 2 saturated heterocycles. The Morgan fingerprint density at radius 1 is 1.39 bits per heavy atom. The fourth-order valence-electron chi connectivity index (χ4n) is 3.50. The molecule has 3 heteroatoms. The summed E-state index contributed by atoms with van der Waals surface area (Å²) >= 11 is 2.02. The lowest BCUT2D eigenvalue weighted by Crippen LogP contribution is -2.44. The van der Waals surface area contributed by atoms with E-state index in [-0.39, 0.29) is 11.5 Å². The van der Waals surface area contributed by atoms with Crippen molar-refractivity contribution in [1.29, 1.82) is 0 Å². The van der Waals surface area contributed by atoms with Gasteiger partial charge in [-0.05, 0) is 62.0 Å². The highest BCUT2D eigenvalue weighted by atomic mass is 32.2. The van der Waals surface area contributed by atoms with Gasteiger partial charge in [0, 0.05) is 12.5 Å². The van der Waals surface area contributed by atoms with Crippen LogP contribution in [0.4, 0.5) is 0 Å². The summed E-state index contributed by atoms with van der Waals surface area (Å²) < 4.78 is 6.06. The Balaban J connectivity index is 1.67. The number of Topliss-reactive ketones (excluding diaryl/α,β-unsaturated/α-hetero) is 1. The number of hydrogen-bond donors (Lipinski definition) is 0. The lowest BCUT2D eigenvalue weighted by molar-refractivity contribution is -0.135. The summed E-state index contributed by atoms with van der Waals surface area (Å²) in [5.74, 6) is 3.08. The molecule has 0 amide bonds. The molecule has 1 atom stereocenters. The number of allylic oxidation sites excluding steroid dienone is 2. The molecule has 2 aliphatic heterocycles. The van der Waals surface area contributed by atoms with Gasteiger partial charge in [0.1, 0.15) is 0 Å². The lowest BCUT2D eigenvalue weighted by Gasteiger charge is -2.43. The van der Waals surface area contributed by atoms with Gasteiger partial charge in [-0.1, -0.05) is 6.08 Å². The van der Waals surface area contributed by atoms with E-state index < -0.39 is 0 Å². The van der Waals surface area contributed by atoms with Crippen LogP contribution in [-0.2, 0) is 9.53 Å². The van der Waals surface area contributed by atoms with Gasteiger partial charge in [0.2, 0.25) is 0 Å². The predicted octanol–water partition coefficient (Wildman–Crippen LogP) is 3.36. The molecule has 2 heterocycles. The molecular formula is C15H22O2S. The number of rotatable bonds is 2. The first-order chi connectivity index (χ1) is 8.79. The third-order valence-corrected chi connectivity index (χ3v) is 5.61. The molecule has 0 radical (unpaired) electrons. The largest absolute Gasteiger partial charge is 0.375 e. The zero-order valence-electron chi connectivity index (χ0n) is 11.0. The van der Waals surface area contributed by atoms with Crippen LogP contribution in [0.25, 0.3) is 0 Å². The molecule has 3 aliphatic rings. The van der Waals surface area contributed by atoms with E-state index in [1.165, 1.54) is 17.9 Å². The highest BCUT2D eigenvalue weighted by molar-refractivity contribution is 7.99. The van der Waals surface area contributed by atoms with Gasteiger partial charge in [0.15, 0.2) is 5.78 Å². The quantitative estimate of drug-likeness (QED) is 0.766. The number of thioether (sulfide) groups is 1. The summed E-state index contributed by atoms with van der Waals surface area (Å²) in [6, 6.07) is 0. The Hall–Kier alpha value is -0.280. The Bertz CT molecular complexity index is 350. The highest BCUT2D eigenvalue weighted by Crippen LogP contribution is 2.41. The SMILES string of the molecule is O=C(C1=CCCC1)C1CCOC2(CCSCC2)C1. The maximum atomic E-state index is 12.5. The fourth-order valence-corrected chi connectivity index (χ4v) is 4.74. The Morgan fingerprint density at radius 2 is 2.22 bits per heavy atom. The van der Waals surface area contributed by atoms with Crippen LogP contribution in [0.3, 0.4) is 0 Å². The number of ether oxygens (including phenoxy) is 1. The zero-order valence-corrected chi connectivity index (χ0v) is 11.8. The van der Waals surface area contributed by atoms with Crippen LogP contribution < -0.4 is 0 Å². The molecular weight excluding hydrogens is 244 g/mol. The average molecular weight is 266 g/mol. The van der Waals surface area contributed by atoms with Gasteiger partial charge in [0.05, 0.1) is 5.60 Å². The van der Waals surface area contributed by atoms with Crippen LogP contribution in [0.15, 0.2) is 11.6 Å². The van der Waals surface area contributed by atoms with Crippen molar-refractivity contribution >= 4 is 17.5 Å². The van der Waals surface area contributed by atoms with Gasteiger partial charge >= 0.3 is 0 Å². The third kappa shape index (κ3) is 2.53. The summed E-state index contributed by atoms with van der Waals surface area (Å²) in [7, 11) is 0. The fraction of sp³-hybridized carbons (Fsp3) is 0.800. The molecule has 2 nitrogen and oxygen atoms in total. The summed E-state index contributed by atoms with van der Waals surface area (Å²) in [6.45, 7) is 0.786. The molecule has 0 saturated carbocycles. The van der Waals surface area contributed by atoms with E-state index in [1.54, 1.807) is 0 Å². The molecule has 0 N–H and O–H groups in total. The van der Waals surface area contributed by atoms with Gasteiger partial charge in [-0.25, -0.2) is 0 Å². The van der Waals surface area contributed by atoms with Crippen molar-refractivity contribution in [3.05, 3.63) is 11.6 Å². The minimum atomic E-state index is 0.0446. The predicted molar refractivity (Wildman–Crippen MR) is 74.9 cm³/mol. The molecule has 1 spiro atoms. The van der Waals surface area contributed by atoms with E-state index in [1.807, 2.05) is 11.8 Å². The van der Waals surface area contributed by atoms with Crippen molar-refractivity contribution in [2.75, 3.05) is 18.1 Å². The molecule has 0 aromatic rings. The molecule has 3 rings (SSSR count). The molecule has 1 aliphatic carbocycles. The van der Waals surface area contributed by atoms with Crippen molar-refractivity contribution < 1.29 is 9.53 Å². The lowest BCUT2D eigenvalue weighted by atomic mass is 9.78. The van der Waals surface area contributed by atoms with Crippen LogP contribution >= 0.6 is 11.8 Å². The molecule has 1 unspecified atom stereocenters. The normalized spacial score (nSPS) is 31.3. The number of carbonyl (C=O) groups is 1. The summed E-state index contributed by atoms with van der Waals surface area (Å²) in [5, 5.41) is 0. The monoisotopic (exact) mass is 266 g/mol. The van der Waals surface area contributed by atoms with Gasteiger partial charge in [-0.3, -0.25) is 4.79 Å². The van der Waals surface area contributed by atoms with Gasteiger partial charge in [-0.2, -0.15) is 11.8 Å². The third-order valence-electron chi connectivity index (χ3n) is 4.63. The number of ketones is 1. The Kier molecular flexibility index (Phi) is 3.81. The van der Waals surface area contributed by atoms with Crippen LogP contribution in [-0.4, -0.2) is 29.5 Å². The maximum absolute atomic E-state index is 12.5. The first-order valence-electron chi connectivity index (χ1n) is 7.24. The van der Waals surface area contributed by atoms with Crippen molar-refractivity contribution in [3.63, 3.8) is 0 Å². The average Bonchev–Trinajstić information content (AvgIpc) is 2.93. The first kappa shape index (κ1) is 12.7. The van der Waals surface area contributed by atoms with Crippen molar-refractivity contribution in [3.8, 4) is 0 Å². The Labute approximate surface area is 114 Å². The minimum Gasteiger partial charge on any atom is -0.375 e. The van der Waals surface area contributed by atoms with E-state index >= 15 is 0 Å². The highest BCUT2D eigenvalue weighted by Gasteiger charge is 2.41. The smallest absolute Gasteiger partial charge is 0.161 e. The van der Waals surface area contributed by atoms with E-state index in [4.69, 9.17) is 4.74 Å². The molecule has 0 bridgehead atoms. The van der Waals surface area contributed by atoms with Gasteiger partial charge < -0.3 is 4.74 Å². The Morgan fingerprint density at radius 3 is 2.94 bits per heavy atom. The molecule has 100 valence electrons. The van der Waals surface area contributed by atoms with Crippen LogP contribution in [0.2, 0.25) is 0 Å². The van der Waals surface area contributed by atoms with Gasteiger partial charge in [0.25, 0.3) is 0 Å². The second-order valence-electron chi connectivity index (χ2n) is 5.82. The van der Waals surface area contributed by atoms with E-state index in [0.29, 0.717) is 5.78 Å². The van der Waals surface area contributed by atoms with Crippen LogP contribution in [0.1, 0.15) is 44.9 Å². The molecule has 0 aromatic heterocycles. The summed E-state index contributed by atoms with van der Waals surface area (Å²) in [5.41, 5.74) is 1.16. The maximum Gasteiger partial charge on any atom is 0.161 e. The summed E-state index contributed by atoms with van der Waals surface area (Å²) in [4.78, 5) is 12.5. The van der Waals surface area contributed by atoms with E-state index in [0.717, 1.165) is 50.7 Å². The molecule has 18 heavy (non-hydrogen) atoms. The topological polar surface area (TPSA) is 26.3 Å². The van der Waals surface area contributed by atoms with Gasteiger partial charge in [-0.15, -0.1) is 0 Å². The van der Waals surface area contributed by atoms with Crippen molar-refractivity contribution in [1.82, 2.24) is 0 Å². The van der Waals surface area contributed by atoms with E-state index in [9.17, 15) is 4.79 Å².